The first-order valence-electron chi connectivity index (χ1n) is 20.8. The number of anilines is 3. The van der Waals surface area contributed by atoms with Crippen molar-refractivity contribution in [3.63, 3.8) is 0 Å². The fraction of sp³-hybridized carbons (Fsp3) is 0.143. The van der Waals surface area contributed by atoms with Crippen LogP contribution in [0.25, 0.3) is 44.5 Å². The Hall–Kier alpha value is -6.44. The third kappa shape index (κ3) is 4.82. The first-order valence-corrected chi connectivity index (χ1v) is 20.8. The van der Waals surface area contributed by atoms with Gasteiger partial charge in [0.1, 0.15) is 0 Å². The average Bonchev–Trinajstić information content (AvgIpc) is 4.06. The second kappa shape index (κ2) is 12.8. The number of hydrogen-bond donors (Lipinski definition) is 0. The van der Waals surface area contributed by atoms with Crippen molar-refractivity contribution in [2.45, 2.75) is 37.0 Å². The number of hydrogen-bond acceptors (Lipinski definition) is 1. The van der Waals surface area contributed by atoms with Gasteiger partial charge in [-0.3, -0.25) is 0 Å². The van der Waals surface area contributed by atoms with E-state index in [1.165, 1.54) is 109 Å². The molecule has 8 aromatic carbocycles. The van der Waals surface area contributed by atoms with Crippen LogP contribution in [0.15, 0.2) is 194 Å². The molecule has 3 atom stereocenters. The first-order chi connectivity index (χ1) is 28.3. The number of rotatable bonds is 6. The molecule has 0 amide bonds. The van der Waals surface area contributed by atoms with Gasteiger partial charge in [0.05, 0.1) is 11.1 Å². The molecular formula is C56H43N. The number of nitrogens with zero attached hydrogens (tertiary/aromatic N) is 1. The van der Waals surface area contributed by atoms with Gasteiger partial charge in [-0.2, -0.15) is 0 Å². The second-order valence-electron chi connectivity index (χ2n) is 16.8. The van der Waals surface area contributed by atoms with Crippen molar-refractivity contribution < 1.29 is 0 Å². The summed E-state index contributed by atoms with van der Waals surface area (Å²) in [7, 11) is 0. The number of fused-ring (bicyclic) bond motifs is 12. The molecule has 2 fully saturated rings. The van der Waals surface area contributed by atoms with E-state index in [-0.39, 0.29) is 0 Å². The Balaban J connectivity index is 1.13. The molecule has 0 radical (unpaired) electrons. The SMILES string of the molecule is c1ccc(-c2cccc(-c3ccccc3)c2N(c2ccc(C3CC4CCC3C4)cc2)c2ccc3c(c2)C2(c4ccccc4-c4ccccc42)c2ccccc2-3)cc1. The van der Waals surface area contributed by atoms with E-state index in [0.717, 1.165) is 17.5 Å². The van der Waals surface area contributed by atoms with Crippen molar-refractivity contribution in [1.29, 1.82) is 0 Å². The third-order valence-corrected chi connectivity index (χ3v) is 14.0. The molecule has 2 bridgehead atoms. The molecule has 0 saturated heterocycles. The summed E-state index contributed by atoms with van der Waals surface area (Å²) >= 11 is 0. The van der Waals surface area contributed by atoms with Crippen LogP contribution in [-0.4, -0.2) is 0 Å². The second-order valence-corrected chi connectivity index (χ2v) is 16.8. The van der Waals surface area contributed by atoms with E-state index in [0.29, 0.717) is 5.92 Å². The van der Waals surface area contributed by atoms with Gasteiger partial charge >= 0.3 is 0 Å². The number of para-hydroxylation sites is 1. The van der Waals surface area contributed by atoms with E-state index < -0.39 is 5.41 Å². The minimum atomic E-state index is -0.423. The van der Waals surface area contributed by atoms with Crippen molar-refractivity contribution in [2.75, 3.05) is 4.90 Å². The Morgan fingerprint density at radius 3 is 1.40 bits per heavy atom. The standard InChI is InChI=1S/C56H43N/c1-3-14-38(15-4-1)44-21-13-22-45(39-16-5-2-6-17-39)55(44)57(42-30-28-40(29-31-42)50-35-37-26-27-41(50)34-37)43-32-33-49-48-20-9-12-25-53(48)56(54(49)36-43)51-23-10-7-18-46(51)47-19-8-11-24-52(47)56/h1-25,28-33,36-37,41,50H,26-27,34-35H2. The lowest BCUT2D eigenvalue weighted by Crippen LogP contribution is -2.26. The fourth-order valence-corrected chi connectivity index (χ4v) is 11.6. The molecule has 0 aliphatic heterocycles. The van der Waals surface area contributed by atoms with Crippen LogP contribution in [0.3, 0.4) is 0 Å². The molecule has 12 rings (SSSR count). The summed E-state index contributed by atoms with van der Waals surface area (Å²) in [6, 6.07) is 73.1. The molecule has 1 nitrogen and oxygen atoms in total. The van der Waals surface area contributed by atoms with E-state index in [1.54, 1.807) is 0 Å². The minimum Gasteiger partial charge on any atom is -0.309 e. The topological polar surface area (TPSA) is 3.24 Å². The monoisotopic (exact) mass is 729 g/mol. The van der Waals surface area contributed by atoms with E-state index >= 15 is 0 Å². The smallest absolute Gasteiger partial charge is 0.0726 e. The van der Waals surface area contributed by atoms with E-state index in [2.05, 4.69) is 199 Å². The van der Waals surface area contributed by atoms with Crippen molar-refractivity contribution in [3.8, 4) is 44.5 Å². The molecule has 57 heavy (non-hydrogen) atoms. The van der Waals surface area contributed by atoms with Gasteiger partial charge in [0, 0.05) is 22.5 Å². The van der Waals surface area contributed by atoms with E-state index in [9.17, 15) is 0 Å². The van der Waals surface area contributed by atoms with Crippen molar-refractivity contribution in [2.24, 2.45) is 11.8 Å². The lowest BCUT2D eigenvalue weighted by molar-refractivity contribution is 0.420. The van der Waals surface area contributed by atoms with Crippen LogP contribution in [0, 0.1) is 11.8 Å². The quantitative estimate of drug-likeness (QED) is 0.165. The fourth-order valence-electron chi connectivity index (χ4n) is 11.6. The van der Waals surface area contributed by atoms with Gasteiger partial charge < -0.3 is 4.90 Å². The Bertz CT molecular complexity index is 2690. The molecule has 1 spiro atoms. The highest BCUT2D eigenvalue weighted by Gasteiger charge is 2.51. The van der Waals surface area contributed by atoms with Gasteiger partial charge in [0.2, 0.25) is 0 Å². The van der Waals surface area contributed by atoms with Crippen LogP contribution < -0.4 is 4.90 Å². The minimum absolute atomic E-state index is 0.423. The van der Waals surface area contributed by atoms with Crippen LogP contribution in [0.4, 0.5) is 17.1 Å². The summed E-state index contributed by atoms with van der Waals surface area (Å²) in [5, 5.41) is 0. The largest absolute Gasteiger partial charge is 0.309 e. The van der Waals surface area contributed by atoms with Crippen molar-refractivity contribution in [3.05, 3.63) is 222 Å². The molecular weight excluding hydrogens is 687 g/mol. The van der Waals surface area contributed by atoms with Gasteiger partial charge in [-0.15, -0.1) is 0 Å². The van der Waals surface area contributed by atoms with Gasteiger partial charge in [0.25, 0.3) is 0 Å². The first kappa shape index (κ1) is 32.8. The number of benzene rings is 8. The highest BCUT2D eigenvalue weighted by molar-refractivity contribution is 6.00. The molecule has 1 heteroatoms. The molecule has 4 aliphatic carbocycles. The highest BCUT2D eigenvalue weighted by Crippen LogP contribution is 2.63. The zero-order valence-corrected chi connectivity index (χ0v) is 32.0. The summed E-state index contributed by atoms with van der Waals surface area (Å²) in [6.07, 6.45) is 5.57. The van der Waals surface area contributed by atoms with Gasteiger partial charge in [-0.25, -0.2) is 0 Å². The Morgan fingerprint density at radius 2 is 0.877 bits per heavy atom. The molecule has 3 unspecified atom stereocenters. The Kier molecular flexibility index (Phi) is 7.36. The van der Waals surface area contributed by atoms with Crippen molar-refractivity contribution in [1.82, 2.24) is 0 Å². The predicted molar refractivity (Wildman–Crippen MR) is 236 cm³/mol. The zero-order chi connectivity index (χ0) is 37.5. The lowest BCUT2D eigenvalue weighted by atomic mass is 9.70. The van der Waals surface area contributed by atoms with Crippen molar-refractivity contribution >= 4 is 17.1 Å². The lowest BCUT2D eigenvalue weighted by Gasteiger charge is -2.34. The van der Waals surface area contributed by atoms with E-state index in [4.69, 9.17) is 0 Å². The normalized spacial score (nSPS) is 18.9. The molecule has 0 heterocycles. The van der Waals surface area contributed by atoms with Crippen LogP contribution in [0.2, 0.25) is 0 Å². The summed E-state index contributed by atoms with van der Waals surface area (Å²) in [6.45, 7) is 0. The third-order valence-electron chi connectivity index (χ3n) is 14.0. The zero-order valence-electron chi connectivity index (χ0n) is 32.0. The van der Waals surface area contributed by atoms with Gasteiger partial charge in [-0.1, -0.05) is 176 Å². The summed E-state index contributed by atoms with van der Waals surface area (Å²) in [4.78, 5) is 2.57. The molecule has 0 N–H and O–H groups in total. The van der Waals surface area contributed by atoms with Gasteiger partial charge in [0.15, 0.2) is 0 Å². The Morgan fingerprint density at radius 1 is 0.386 bits per heavy atom. The molecule has 8 aromatic rings. The molecule has 4 aliphatic rings. The summed E-state index contributed by atoms with van der Waals surface area (Å²) < 4.78 is 0. The molecule has 0 aromatic heterocycles. The Labute approximate surface area is 335 Å². The maximum absolute atomic E-state index is 2.57. The average molecular weight is 730 g/mol. The summed E-state index contributed by atoms with van der Waals surface area (Å²) in [5.41, 5.74) is 20.2. The van der Waals surface area contributed by atoms with Crippen LogP contribution in [-0.2, 0) is 5.41 Å². The van der Waals surface area contributed by atoms with Crippen LogP contribution in [0.1, 0.15) is 59.4 Å². The van der Waals surface area contributed by atoms with Crippen LogP contribution in [0.5, 0.6) is 0 Å². The van der Waals surface area contributed by atoms with Gasteiger partial charge in [-0.05, 0) is 122 Å². The van der Waals surface area contributed by atoms with Crippen LogP contribution >= 0.6 is 0 Å². The maximum atomic E-state index is 2.57. The highest BCUT2D eigenvalue weighted by atomic mass is 15.1. The molecule has 2 saturated carbocycles. The van der Waals surface area contributed by atoms with E-state index in [1.807, 2.05) is 0 Å². The summed E-state index contributed by atoms with van der Waals surface area (Å²) in [5.74, 6) is 2.44. The predicted octanol–water partition coefficient (Wildman–Crippen LogP) is 14.7. The molecule has 272 valence electrons. The maximum Gasteiger partial charge on any atom is 0.0726 e.